The summed E-state index contributed by atoms with van der Waals surface area (Å²) >= 11 is 1.68. The lowest BCUT2D eigenvalue weighted by Gasteiger charge is -2.52. The largest absolute Gasteiger partial charge is 0.381 e. The van der Waals surface area contributed by atoms with Crippen LogP contribution >= 0.6 is 11.3 Å². The molecule has 2 bridgehead atoms. The Bertz CT molecular complexity index is 1640. The molecule has 5 heterocycles. The Hall–Kier alpha value is -3.88. The molecular formula is C30H32N8O2S. The minimum absolute atomic E-state index is 0.0383. The lowest BCUT2D eigenvalue weighted by Crippen LogP contribution is -2.57. The van der Waals surface area contributed by atoms with Gasteiger partial charge in [-0.3, -0.25) is 9.78 Å². The number of amides is 1. The van der Waals surface area contributed by atoms with Gasteiger partial charge in [0.25, 0.3) is 0 Å². The normalized spacial score (nSPS) is 24.3. The van der Waals surface area contributed by atoms with Crippen molar-refractivity contribution in [3.05, 3.63) is 47.2 Å². The van der Waals surface area contributed by atoms with E-state index in [-0.39, 0.29) is 16.9 Å². The maximum absolute atomic E-state index is 11.8. The van der Waals surface area contributed by atoms with Gasteiger partial charge >= 0.3 is 0 Å². The third-order valence-electron chi connectivity index (χ3n) is 9.17. The highest BCUT2D eigenvalue weighted by atomic mass is 32.1. The van der Waals surface area contributed by atoms with Crippen LogP contribution in [0, 0.1) is 11.3 Å². The van der Waals surface area contributed by atoms with E-state index in [4.69, 9.17) is 19.9 Å². The van der Waals surface area contributed by atoms with E-state index >= 15 is 0 Å². The van der Waals surface area contributed by atoms with Gasteiger partial charge in [0.2, 0.25) is 5.91 Å². The molecule has 4 aliphatic rings. The highest BCUT2D eigenvalue weighted by Crippen LogP contribution is 2.54. The summed E-state index contributed by atoms with van der Waals surface area (Å²) in [5.41, 5.74) is 4.93. The molecule has 3 aliphatic carbocycles. The quantitative estimate of drug-likeness (QED) is 0.337. The Labute approximate surface area is 242 Å². The standard InChI is InChI=1S/C30H32N8O2S/c1-19(39)35-30-9-6-29(7-10-30,8-11-30)28-37-36-27(41-28)23-18-32-25(15-24(23)34-21-4-12-40-13-5-21)26-3-2-22-14-20(16-31)17-33-38(22)26/h2-3,14-15,17-18,21H,4-13H2,1H3,(H,32,34)(H,35,39). The lowest BCUT2D eigenvalue weighted by molar-refractivity contribution is -0.122. The summed E-state index contributed by atoms with van der Waals surface area (Å²) in [5.74, 6) is 0.0638. The number of hydrogen-bond acceptors (Lipinski definition) is 9. The predicted octanol–water partition coefficient (Wildman–Crippen LogP) is 4.86. The fraction of sp³-hybridized carbons (Fsp3) is 0.467. The molecule has 10 nitrogen and oxygen atoms in total. The fourth-order valence-electron chi connectivity index (χ4n) is 6.82. The Morgan fingerprint density at radius 2 is 1.88 bits per heavy atom. The molecule has 1 aliphatic heterocycles. The van der Waals surface area contributed by atoms with E-state index in [0.717, 1.165) is 103 Å². The van der Waals surface area contributed by atoms with Gasteiger partial charge in [0.05, 0.1) is 34.2 Å². The van der Waals surface area contributed by atoms with Crippen molar-refractivity contribution in [2.24, 2.45) is 0 Å². The SMILES string of the molecule is CC(=O)NC12CCC(c3nnc(-c4cnc(-c5ccc6cc(C#N)cnn56)cc4NC4CCOCC4)s3)(CC1)CC2. The smallest absolute Gasteiger partial charge is 0.217 e. The zero-order chi connectivity index (χ0) is 28.0. The number of ether oxygens (including phenoxy) is 1. The van der Waals surface area contributed by atoms with Crippen LogP contribution in [0.4, 0.5) is 5.69 Å². The van der Waals surface area contributed by atoms with Gasteiger partial charge in [-0.15, -0.1) is 10.2 Å². The molecule has 41 heavy (non-hydrogen) atoms. The number of aromatic nitrogens is 5. The monoisotopic (exact) mass is 568 g/mol. The second-order valence-corrected chi connectivity index (χ2v) is 12.7. The van der Waals surface area contributed by atoms with Crippen LogP contribution in [-0.2, 0) is 14.9 Å². The molecule has 3 saturated carbocycles. The van der Waals surface area contributed by atoms with Crippen molar-refractivity contribution in [2.75, 3.05) is 18.5 Å². The molecule has 1 amide bonds. The maximum Gasteiger partial charge on any atom is 0.217 e. The molecule has 0 radical (unpaired) electrons. The number of nitrogens with one attached hydrogen (secondary N) is 2. The molecule has 4 aromatic rings. The highest BCUT2D eigenvalue weighted by Gasteiger charge is 2.51. The third kappa shape index (κ3) is 4.75. The average molecular weight is 569 g/mol. The average Bonchev–Trinajstić information content (AvgIpc) is 3.66. The molecule has 8 rings (SSSR count). The summed E-state index contributed by atoms with van der Waals surface area (Å²) in [7, 11) is 0. The van der Waals surface area contributed by atoms with Crippen LogP contribution in [0.25, 0.3) is 27.5 Å². The van der Waals surface area contributed by atoms with E-state index in [1.54, 1.807) is 24.5 Å². The van der Waals surface area contributed by atoms with E-state index in [0.29, 0.717) is 11.6 Å². The summed E-state index contributed by atoms with van der Waals surface area (Å²) in [5, 5.41) is 32.2. The molecule has 1 saturated heterocycles. The molecule has 0 unspecified atom stereocenters. The minimum atomic E-state index is -0.0460. The van der Waals surface area contributed by atoms with Crippen molar-refractivity contribution < 1.29 is 9.53 Å². The molecule has 4 aromatic heterocycles. The topological polar surface area (TPSA) is 130 Å². The molecule has 2 N–H and O–H groups in total. The van der Waals surface area contributed by atoms with Crippen LogP contribution in [0.5, 0.6) is 0 Å². The Morgan fingerprint density at radius 1 is 1.10 bits per heavy atom. The number of pyridine rings is 1. The summed E-state index contributed by atoms with van der Waals surface area (Å²) < 4.78 is 7.41. The van der Waals surface area contributed by atoms with E-state index in [1.165, 1.54) is 0 Å². The van der Waals surface area contributed by atoms with Gasteiger partial charge < -0.3 is 15.4 Å². The number of fused-ring (bicyclic) bond motifs is 4. The van der Waals surface area contributed by atoms with E-state index < -0.39 is 0 Å². The number of rotatable bonds is 6. The summed E-state index contributed by atoms with van der Waals surface area (Å²) in [6.45, 7) is 3.10. The predicted molar refractivity (Wildman–Crippen MR) is 155 cm³/mol. The number of anilines is 1. The maximum atomic E-state index is 11.8. The Balaban J connectivity index is 1.22. The molecule has 210 valence electrons. The van der Waals surface area contributed by atoms with Gasteiger partial charge in [0.1, 0.15) is 11.1 Å². The highest BCUT2D eigenvalue weighted by molar-refractivity contribution is 7.14. The first-order valence-electron chi connectivity index (χ1n) is 14.3. The fourth-order valence-corrected chi connectivity index (χ4v) is 7.96. The first kappa shape index (κ1) is 26.0. The zero-order valence-corrected chi connectivity index (χ0v) is 23.8. The van der Waals surface area contributed by atoms with Crippen molar-refractivity contribution in [3.63, 3.8) is 0 Å². The Kier molecular flexibility index (Phi) is 6.47. The van der Waals surface area contributed by atoms with Gasteiger partial charge in [-0.1, -0.05) is 11.3 Å². The van der Waals surface area contributed by atoms with Gasteiger partial charge in [-0.05, 0) is 75.6 Å². The zero-order valence-electron chi connectivity index (χ0n) is 23.0. The van der Waals surface area contributed by atoms with Crippen molar-refractivity contribution in [1.29, 1.82) is 5.26 Å². The molecule has 4 fully saturated rings. The van der Waals surface area contributed by atoms with Crippen molar-refractivity contribution in [3.8, 4) is 28.0 Å². The summed E-state index contributed by atoms with van der Waals surface area (Å²) in [6.07, 6.45) is 11.4. The van der Waals surface area contributed by atoms with Crippen molar-refractivity contribution in [2.45, 2.75) is 75.3 Å². The molecular weight excluding hydrogens is 536 g/mol. The number of nitriles is 1. The Morgan fingerprint density at radius 3 is 2.61 bits per heavy atom. The minimum Gasteiger partial charge on any atom is -0.381 e. The van der Waals surface area contributed by atoms with E-state index in [9.17, 15) is 10.1 Å². The van der Waals surface area contributed by atoms with Gasteiger partial charge in [-0.25, -0.2) is 4.52 Å². The van der Waals surface area contributed by atoms with E-state index in [2.05, 4.69) is 27.9 Å². The number of carbonyl (C=O) groups is 1. The van der Waals surface area contributed by atoms with Crippen LogP contribution in [0.1, 0.15) is 68.9 Å². The van der Waals surface area contributed by atoms with Gasteiger partial charge in [-0.2, -0.15) is 10.4 Å². The second-order valence-electron chi connectivity index (χ2n) is 11.7. The van der Waals surface area contributed by atoms with Gasteiger partial charge in [0.15, 0.2) is 5.01 Å². The van der Waals surface area contributed by atoms with Crippen molar-refractivity contribution >= 4 is 28.4 Å². The number of hydrogen-bond donors (Lipinski definition) is 2. The third-order valence-corrected chi connectivity index (χ3v) is 10.4. The summed E-state index contributed by atoms with van der Waals surface area (Å²) in [4.78, 5) is 16.7. The number of nitrogens with zero attached hydrogens (tertiary/aromatic N) is 6. The van der Waals surface area contributed by atoms with Crippen LogP contribution < -0.4 is 10.6 Å². The van der Waals surface area contributed by atoms with Crippen LogP contribution in [0.15, 0.2) is 36.7 Å². The second kappa shape index (κ2) is 10.2. The van der Waals surface area contributed by atoms with Crippen LogP contribution in [0.3, 0.4) is 0 Å². The lowest BCUT2D eigenvalue weighted by atomic mass is 9.57. The van der Waals surface area contributed by atoms with Gasteiger partial charge in [0, 0.05) is 49.0 Å². The van der Waals surface area contributed by atoms with Crippen molar-refractivity contribution in [1.82, 2.24) is 30.1 Å². The van der Waals surface area contributed by atoms with E-state index in [1.807, 2.05) is 28.9 Å². The first-order chi connectivity index (χ1) is 20.0. The molecule has 0 atom stereocenters. The van der Waals surface area contributed by atoms with Crippen LogP contribution in [-0.4, -0.2) is 55.5 Å². The summed E-state index contributed by atoms with van der Waals surface area (Å²) in [6, 6.07) is 10.3. The first-order valence-corrected chi connectivity index (χ1v) is 15.1. The molecule has 11 heteroatoms. The van der Waals surface area contributed by atoms with Crippen LogP contribution in [0.2, 0.25) is 0 Å². The molecule has 0 aromatic carbocycles. The molecule has 0 spiro atoms. The number of carbonyl (C=O) groups excluding carboxylic acids is 1.